The highest BCUT2D eigenvalue weighted by atomic mass is 16.1. The van der Waals surface area contributed by atoms with Crippen LogP contribution < -0.4 is 11.1 Å². The van der Waals surface area contributed by atoms with Crippen molar-refractivity contribution in [2.24, 2.45) is 16.6 Å². The predicted octanol–water partition coefficient (Wildman–Crippen LogP) is 7.66. The van der Waals surface area contributed by atoms with E-state index in [-0.39, 0.29) is 16.9 Å². The van der Waals surface area contributed by atoms with E-state index in [2.05, 4.69) is 63.3 Å². The zero-order chi connectivity index (χ0) is 28.2. The molecule has 1 aliphatic carbocycles. The molecule has 1 aliphatic rings. The lowest BCUT2D eigenvalue weighted by atomic mass is 9.63. The van der Waals surface area contributed by atoms with Crippen LogP contribution in [0.3, 0.4) is 0 Å². The van der Waals surface area contributed by atoms with Gasteiger partial charge in [-0.15, -0.1) is 0 Å². The van der Waals surface area contributed by atoms with Gasteiger partial charge in [0, 0.05) is 34.3 Å². The smallest absolute Gasteiger partial charge is 0.250 e. The number of nitrogens with two attached hydrogens (primary N) is 1. The normalized spacial score (nSPS) is 16.8. The number of carbonyl (C=O) groups excluding carboxylic acids is 1. The van der Waals surface area contributed by atoms with Crippen LogP contribution in [0.1, 0.15) is 63.0 Å². The Morgan fingerprint density at radius 3 is 2.48 bits per heavy atom. The molecular formula is C34H37N5O. The third-order valence-electron chi connectivity index (χ3n) is 8.21. The second kappa shape index (κ2) is 9.47. The molecular weight excluding hydrogens is 494 g/mol. The van der Waals surface area contributed by atoms with Crippen LogP contribution in [0.5, 0.6) is 0 Å². The fraction of sp³-hybridized carbons (Fsp3) is 0.324. The molecule has 6 heteroatoms. The summed E-state index contributed by atoms with van der Waals surface area (Å²) in [7, 11) is 0. The zero-order valence-corrected chi connectivity index (χ0v) is 24.0. The molecule has 0 saturated heterocycles. The zero-order valence-electron chi connectivity index (χ0n) is 24.0. The summed E-state index contributed by atoms with van der Waals surface area (Å²) in [5, 5.41) is 10.9. The summed E-state index contributed by atoms with van der Waals surface area (Å²) in [5.41, 5.74) is 13.5. The number of primary amides is 1. The number of aromatic nitrogens is 3. The highest BCUT2D eigenvalue weighted by molar-refractivity contribution is 6.00. The summed E-state index contributed by atoms with van der Waals surface area (Å²) < 4.78 is 1.97. The third-order valence-corrected chi connectivity index (χ3v) is 8.21. The standard InChI is InChI=1S/C34H37N5O/c1-21-31-26(23-15-22-9-6-7-11-28(22)36-19-23)10-8-12-30(31)39(38-21)25-13-14-27(32(35)40)29(16-25)37-24-17-33(2,3)20-34(4,5)18-24/h6-16,19,24,37H,17-18,20H2,1-5H3,(H2,35,40). The van der Waals surface area contributed by atoms with Crippen molar-refractivity contribution in [3.05, 3.63) is 84.2 Å². The SMILES string of the molecule is Cc1nn(-c2ccc(C(N)=O)c(NC3CC(C)(C)CC(C)(C)C3)c2)c2cccc(-c3cnc4ccccc4c3)c12. The molecule has 1 fully saturated rings. The Bertz CT molecular complexity index is 1750. The second-order valence-electron chi connectivity index (χ2n) is 13.0. The molecule has 40 heavy (non-hydrogen) atoms. The molecule has 1 saturated carbocycles. The Balaban J connectivity index is 1.43. The van der Waals surface area contributed by atoms with Crippen LogP contribution in [-0.2, 0) is 0 Å². The molecule has 0 unspecified atom stereocenters. The van der Waals surface area contributed by atoms with Crippen molar-refractivity contribution in [3.63, 3.8) is 0 Å². The topological polar surface area (TPSA) is 85.8 Å². The van der Waals surface area contributed by atoms with Crippen LogP contribution >= 0.6 is 0 Å². The van der Waals surface area contributed by atoms with Gasteiger partial charge in [0.15, 0.2) is 0 Å². The van der Waals surface area contributed by atoms with Gasteiger partial charge in [-0.05, 0) is 79.0 Å². The number of rotatable bonds is 5. The fourth-order valence-corrected chi connectivity index (χ4v) is 7.17. The summed E-state index contributed by atoms with van der Waals surface area (Å²) in [6.45, 7) is 11.4. The highest BCUT2D eigenvalue weighted by Gasteiger charge is 2.38. The molecule has 6 rings (SSSR count). The van der Waals surface area contributed by atoms with Crippen LogP contribution in [0.4, 0.5) is 5.69 Å². The molecule has 0 radical (unpaired) electrons. The summed E-state index contributed by atoms with van der Waals surface area (Å²) in [5.74, 6) is -0.434. The highest BCUT2D eigenvalue weighted by Crippen LogP contribution is 2.46. The lowest BCUT2D eigenvalue weighted by Crippen LogP contribution is -2.40. The third kappa shape index (κ3) is 4.83. The molecule has 3 aromatic carbocycles. The van der Waals surface area contributed by atoms with E-state index in [0.29, 0.717) is 5.56 Å². The number of nitrogens with one attached hydrogen (secondary N) is 1. The van der Waals surface area contributed by atoms with Crippen LogP contribution in [0.2, 0.25) is 0 Å². The number of hydrogen-bond donors (Lipinski definition) is 2. The van der Waals surface area contributed by atoms with E-state index >= 15 is 0 Å². The first-order valence-corrected chi connectivity index (χ1v) is 14.0. The number of aryl methyl sites for hydroxylation is 1. The minimum absolute atomic E-state index is 0.216. The number of hydrogen-bond acceptors (Lipinski definition) is 4. The predicted molar refractivity (Wildman–Crippen MR) is 164 cm³/mol. The van der Waals surface area contributed by atoms with E-state index < -0.39 is 5.91 Å². The van der Waals surface area contributed by atoms with Gasteiger partial charge in [0.2, 0.25) is 0 Å². The van der Waals surface area contributed by atoms with Crippen molar-refractivity contribution in [3.8, 4) is 16.8 Å². The average Bonchev–Trinajstić information content (AvgIpc) is 3.23. The summed E-state index contributed by atoms with van der Waals surface area (Å²) >= 11 is 0. The number of nitrogens with zero attached hydrogens (tertiary/aromatic N) is 3. The van der Waals surface area contributed by atoms with Crippen molar-refractivity contribution < 1.29 is 4.79 Å². The van der Waals surface area contributed by atoms with Gasteiger partial charge in [0.05, 0.1) is 28.0 Å². The van der Waals surface area contributed by atoms with E-state index in [9.17, 15) is 4.79 Å². The Labute approximate surface area is 235 Å². The number of benzene rings is 3. The molecule has 6 nitrogen and oxygen atoms in total. The summed E-state index contributed by atoms with van der Waals surface area (Å²) in [4.78, 5) is 17.1. The maximum atomic E-state index is 12.4. The lowest BCUT2D eigenvalue weighted by molar-refractivity contribution is 0.1000. The second-order valence-corrected chi connectivity index (χ2v) is 13.0. The molecule has 0 bridgehead atoms. The van der Waals surface area contributed by atoms with Crippen LogP contribution in [0, 0.1) is 17.8 Å². The van der Waals surface area contributed by atoms with Crippen LogP contribution in [0.15, 0.2) is 72.9 Å². The van der Waals surface area contributed by atoms with Crippen molar-refractivity contribution in [2.45, 2.75) is 59.9 Å². The van der Waals surface area contributed by atoms with Gasteiger partial charge in [0.25, 0.3) is 5.91 Å². The van der Waals surface area contributed by atoms with Gasteiger partial charge in [-0.1, -0.05) is 58.0 Å². The molecule has 0 atom stereocenters. The minimum atomic E-state index is -0.434. The van der Waals surface area contributed by atoms with Crippen molar-refractivity contribution in [2.75, 3.05) is 5.32 Å². The van der Waals surface area contributed by atoms with Crippen LogP contribution in [0.25, 0.3) is 38.6 Å². The van der Waals surface area contributed by atoms with Crippen LogP contribution in [-0.4, -0.2) is 26.7 Å². The molecule has 3 N–H and O–H groups in total. The van der Waals surface area contributed by atoms with Gasteiger partial charge in [0.1, 0.15) is 0 Å². The fourth-order valence-electron chi connectivity index (χ4n) is 7.17. The Hall–Kier alpha value is -4.19. The largest absolute Gasteiger partial charge is 0.382 e. The lowest BCUT2D eigenvalue weighted by Gasteiger charge is -2.45. The van der Waals surface area contributed by atoms with Crippen molar-refractivity contribution in [1.82, 2.24) is 14.8 Å². The number of anilines is 1. The molecule has 2 heterocycles. The number of amides is 1. The minimum Gasteiger partial charge on any atom is -0.382 e. The first kappa shape index (κ1) is 26.1. The van der Waals surface area contributed by atoms with Crippen molar-refractivity contribution in [1.29, 1.82) is 0 Å². The average molecular weight is 532 g/mol. The molecule has 1 amide bonds. The van der Waals surface area contributed by atoms with E-state index in [1.54, 1.807) is 0 Å². The number of fused-ring (bicyclic) bond motifs is 2. The monoisotopic (exact) mass is 531 g/mol. The summed E-state index contributed by atoms with van der Waals surface area (Å²) in [6.07, 6.45) is 5.18. The first-order valence-electron chi connectivity index (χ1n) is 14.0. The number of para-hydroxylation sites is 1. The number of carbonyl (C=O) groups is 1. The Morgan fingerprint density at radius 2 is 1.73 bits per heavy atom. The van der Waals surface area contributed by atoms with E-state index in [1.807, 2.05) is 54.2 Å². The van der Waals surface area contributed by atoms with Gasteiger partial charge in [-0.2, -0.15) is 5.10 Å². The summed E-state index contributed by atoms with van der Waals surface area (Å²) in [6, 6.07) is 22.6. The van der Waals surface area contributed by atoms with Gasteiger partial charge in [-0.25, -0.2) is 4.68 Å². The van der Waals surface area contributed by atoms with Crippen molar-refractivity contribution >= 4 is 33.4 Å². The molecule has 0 spiro atoms. The number of pyridine rings is 1. The van der Waals surface area contributed by atoms with E-state index in [0.717, 1.165) is 62.8 Å². The molecule has 5 aromatic rings. The van der Waals surface area contributed by atoms with E-state index in [4.69, 9.17) is 15.8 Å². The maximum Gasteiger partial charge on any atom is 0.250 e. The molecule has 2 aromatic heterocycles. The van der Waals surface area contributed by atoms with E-state index in [1.165, 1.54) is 6.42 Å². The molecule has 204 valence electrons. The maximum absolute atomic E-state index is 12.4. The Kier molecular flexibility index (Phi) is 6.17. The first-order chi connectivity index (χ1) is 19.0. The Morgan fingerprint density at radius 1 is 0.975 bits per heavy atom. The molecule has 0 aliphatic heterocycles. The quantitative estimate of drug-likeness (QED) is 0.244. The van der Waals surface area contributed by atoms with Gasteiger partial charge in [-0.3, -0.25) is 9.78 Å². The van der Waals surface area contributed by atoms with Gasteiger partial charge >= 0.3 is 0 Å². The van der Waals surface area contributed by atoms with Gasteiger partial charge < -0.3 is 11.1 Å².